The Bertz CT molecular complexity index is 946. The summed E-state index contributed by atoms with van der Waals surface area (Å²) in [5.74, 6) is -1.08. The van der Waals surface area contributed by atoms with E-state index in [1.165, 1.54) is 18.4 Å². The van der Waals surface area contributed by atoms with Gasteiger partial charge >= 0.3 is 0 Å². The maximum Gasteiger partial charge on any atom is 0.291 e. The van der Waals surface area contributed by atoms with Gasteiger partial charge in [0, 0.05) is 16.8 Å². The minimum absolute atomic E-state index is 0.190. The molecule has 3 aromatic rings. The number of anilines is 1. The molecule has 0 saturated carbocycles. The van der Waals surface area contributed by atoms with Crippen molar-refractivity contribution < 1.29 is 18.8 Å². The lowest BCUT2D eigenvalue weighted by atomic mass is 10.1. The van der Waals surface area contributed by atoms with E-state index in [2.05, 4.69) is 16.2 Å². The molecule has 0 aliphatic rings. The molecular weight excluding hydrogens is 346 g/mol. The second-order valence-corrected chi connectivity index (χ2v) is 5.78. The van der Waals surface area contributed by atoms with Crippen LogP contribution >= 0.6 is 0 Å². The first-order chi connectivity index (χ1) is 13.0. The van der Waals surface area contributed by atoms with Crippen molar-refractivity contribution in [3.63, 3.8) is 0 Å². The van der Waals surface area contributed by atoms with Gasteiger partial charge < -0.3 is 9.73 Å². The molecule has 136 valence electrons. The Morgan fingerprint density at radius 1 is 0.741 bits per heavy atom. The zero-order valence-corrected chi connectivity index (χ0v) is 14.5. The quantitative estimate of drug-likeness (QED) is 0.621. The van der Waals surface area contributed by atoms with Crippen LogP contribution in [0.25, 0.3) is 0 Å². The first-order valence-corrected chi connectivity index (χ1v) is 8.15. The van der Waals surface area contributed by atoms with Crippen molar-refractivity contribution in [2.24, 2.45) is 0 Å². The van der Waals surface area contributed by atoms with Crippen LogP contribution in [0.15, 0.2) is 71.3 Å². The van der Waals surface area contributed by atoms with Crippen LogP contribution in [-0.2, 0) is 0 Å². The van der Waals surface area contributed by atoms with Gasteiger partial charge in [-0.15, -0.1) is 0 Å². The van der Waals surface area contributed by atoms with Gasteiger partial charge in [-0.1, -0.05) is 17.7 Å². The number of carbonyl (C=O) groups excluding carboxylic acids is 3. The number of furan rings is 1. The molecule has 7 nitrogen and oxygen atoms in total. The number of benzene rings is 2. The molecule has 0 fully saturated rings. The van der Waals surface area contributed by atoms with Crippen LogP contribution in [0.5, 0.6) is 0 Å². The van der Waals surface area contributed by atoms with Crippen LogP contribution in [0.3, 0.4) is 0 Å². The van der Waals surface area contributed by atoms with Gasteiger partial charge in [0.25, 0.3) is 17.7 Å². The predicted molar refractivity (Wildman–Crippen MR) is 99.2 cm³/mol. The van der Waals surface area contributed by atoms with E-state index in [9.17, 15) is 14.4 Å². The van der Waals surface area contributed by atoms with E-state index < -0.39 is 11.8 Å². The number of hydrazine groups is 1. The van der Waals surface area contributed by atoms with Gasteiger partial charge in [0.2, 0.25) is 0 Å². The van der Waals surface area contributed by atoms with Crippen LogP contribution in [-0.4, -0.2) is 17.7 Å². The highest BCUT2D eigenvalue weighted by molar-refractivity contribution is 6.03. The van der Waals surface area contributed by atoms with Crippen LogP contribution < -0.4 is 16.2 Å². The number of aryl methyl sites for hydroxylation is 1. The highest BCUT2D eigenvalue weighted by Crippen LogP contribution is 2.12. The third kappa shape index (κ3) is 4.60. The monoisotopic (exact) mass is 363 g/mol. The van der Waals surface area contributed by atoms with Gasteiger partial charge in [-0.3, -0.25) is 25.2 Å². The summed E-state index contributed by atoms with van der Waals surface area (Å²) in [4.78, 5) is 36.0. The fourth-order valence-corrected chi connectivity index (χ4v) is 2.27. The molecular formula is C20H17N3O4. The summed E-state index contributed by atoms with van der Waals surface area (Å²) in [5.41, 5.74) is 7.03. The third-order valence-electron chi connectivity index (χ3n) is 3.75. The minimum atomic E-state index is -0.473. The largest absolute Gasteiger partial charge is 0.459 e. The Kier molecular flexibility index (Phi) is 5.32. The molecule has 2 aromatic carbocycles. The second kappa shape index (κ2) is 8.01. The molecule has 3 amide bonds. The van der Waals surface area contributed by atoms with Crippen molar-refractivity contribution in [3.8, 4) is 0 Å². The Morgan fingerprint density at radius 3 is 1.81 bits per heavy atom. The summed E-state index contributed by atoms with van der Waals surface area (Å²) in [6.07, 6.45) is 1.41. The molecule has 0 saturated heterocycles. The minimum Gasteiger partial charge on any atom is -0.459 e. The third-order valence-corrected chi connectivity index (χ3v) is 3.75. The second-order valence-electron chi connectivity index (χ2n) is 5.78. The normalized spacial score (nSPS) is 10.1. The highest BCUT2D eigenvalue weighted by atomic mass is 16.3. The topological polar surface area (TPSA) is 100 Å². The molecule has 0 atom stereocenters. The van der Waals surface area contributed by atoms with E-state index >= 15 is 0 Å². The standard InChI is InChI=1S/C20H17N3O4/c1-13-4-6-14(7-5-13)18(24)22-23-19(25)15-8-10-16(11-9-15)21-20(26)17-3-2-12-27-17/h2-12H,1H3,(H,21,26)(H,22,24)(H,23,25). The SMILES string of the molecule is Cc1ccc(C(=O)NNC(=O)c2ccc(NC(=O)c3ccco3)cc2)cc1. The Labute approximate surface area is 155 Å². The van der Waals surface area contributed by atoms with Crippen LogP contribution in [0, 0.1) is 6.92 Å². The number of amides is 3. The average molecular weight is 363 g/mol. The fraction of sp³-hybridized carbons (Fsp3) is 0.0500. The molecule has 1 aromatic heterocycles. The summed E-state index contributed by atoms with van der Waals surface area (Å²) in [6, 6.07) is 16.4. The van der Waals surface area contributed by atoms with Crippen molar-refractivity contribution in [3.05, 3.63) is 89.4 Å². The van der Waals surface area contributed by atoms with Gasteiger partial charge in [-0.05, 0) is 55.5 Å². The summed E-state index contributed by atoms with van der Waals surface area (Å²) >= 11 is 0. The first kappa shape index (κ1) is 17.9. The molecule has 0 radical (unpaired) electrons. The number of hydrogen-bond acceptors (Lipinski definition) is 4. The molecule has 1 heterocycles. The van der Waals surface area contributed by atoms with Crippen molar-refractivity contribution >= 4 is 23.4 Å². The summed E-state index contributed by atoms with van der Waals surface area (Å²) in [6.45, 7) is 1.92. The number of nitrogens with one attached hydrogen (secondary N) is 3. The summed E-state index contributed by atoms with van der Waals surface area (Å²) in [7, 11) is 0. The highest BCUT2D eigenvalue weighted by Gasteiger charge is 2.11. The van der Waals surface area contributed by atoms with E-state index in [0.717, 1.165) is 5.56 Å². The van der Waals surface area contributed by atoms with Gasteiger partial charge in [0.15, 0.2) is 5.76 Å². The van der Waals surface area contributed by atoms with E-state index in [-0.39, 0.29) is 11.7 Å². The fourth-order valence-electron chi connectivity index (χ4n) is 2.27. The lowest BCUT2D eigenvalue weighted by molar-refractivity contribution is 0.0846. The maximum absolute atomic E-state index is 12.1. The van der Waals surface area contributed by atoms with E-state index in [4.69, 9.17) is 4.42 Å². The Morgan fingerprint density at radius 2 is 1.30 bits per heavy atom. The molecule has 0 spiro atoms. The number of carbonyl (C=O) groups is 3. The Hall–Kier alpha value is -3.87. The lowest BCUT2D eigenvalue weighted by Gasteiger charge is -2.08. The van der Waals surface area contributed by atoms with E-state index in [1.807, 2.05) is 19.1 Å². The molecule has 0 bridgehead atoms. The average Bonchev–Trinajstić information content (AvgIpc) is 3.22. The zero-order valence-electron chi connectivity index (χ0n) is 14.5. The molecule has 0 unspecified atom stereocenters. The van der Waals surface area contributed by atoms with Crippen molar-refractivity contribution in [2.45, 2.75) is 6.92 Å². The summed E-state index contributed by atoms with van der Waals surface area (Å²) in [5, 5.41) is 2.65. The molecule has 0 aliphatic heterocycles. The molecule has 27 heavy (non-hydrogen) atoms. The smallest absolute Gasteiger partial charge is 0.291 e. The van der Waals surface area contributed by atoms with Crippen molar-refractivity contribution in [2.75, 3.05) is 5.32 Å². The van der Waals surface area contributed by atoms with E-state index in [1.54, 1.807) is 36.4 Å². The van der Waals surface area contributed by atoms with Crippen LogP contribution in [0.2, 0.25) is 0 Å². The van der Waals surface area contributed by atoms with Crippen LogP contribution in [0.4, 0.5) is 5.69 Å². The predicted octanol–water partition coefficient (Wildman–Crippen LogP) is 2.92. The van der Waals surface area contributed by atoms with Gasteiger partial charge in [0.05, 0.1) is 6.26 Å². The van der Waals surface area contributed by atoms with Gasteiger partial charge in [0.1, 0.15) is 0 Å². The molecule has 3 N–H and O–H groups in total. The number of hydrogen-bond donors (Lipinski definition) is 3. The number of rotatable bonds is 4. The maximum atomic E-state index is 12.1. The molecule has 0 aliphatic carbocycles. The summed E-state index contributed by atoms with van der Waals surface area (Å²) < 4.78 is 5.01. The zero-order chi connectivity index (χ0) is 19.2. The van der Waals surface area contributed by atoms with E-state index in [0.29, 0.717) is 16.8 Å². The molecule has 3 rings (SSSR count). The van der Waals surface area contributed by atoms with Gasteiger partial charge in [-0.2, -0.15) is 0 Å². The Balaban J connectivity index is 1.55. The first-order valence-electron chi connectivity index (χ1n) is 8.15. The van der Waals surface area contributed by atoms with Crippen molar-refractivity contribution in [1.82, 2.24) is 10.9 Å². The van der Waals surface area contributed by atoms with Crippen molar-refractivity contribution in [1.29, 1.82) is 0 Å². The van der Waals surface area contributed by atoms with Crippen LogP contribution in [0.1, 0.15) is 36.8 Å². The molecule has 7 heteroatoms. The lowest BCUT2D eigenvalue weighted by Crippen LogP contribution is -2.41. The van der Waals surface area contributed by atoms with Gasteiger partial charge in [-0.25, -0.2) is 0 Å².